The van der Waals surface area contributed by atoms with Gasteiger partial charge in [-0.2, -0.15) is 0 Å². The highest BCUT2D eigenvalue weighted by Crippen LogP contribution is 2.32. The van der Waals surface area contributed by atoms with E-state index in [1.165, 1.54) is 21.9 Å². The Bertz CT molecular complexity index is 2040. The molecule has 0 spiro atoms. The van der Waals surface area contributed by atoms with Crippen molar-refractivity contribution < 1.29 is 38.7 Å². The van der Waals surface area contributed by atoms with Crippen LogP contribution in [0, 0.1) is 16.0 Å². The van der Waals surface area contributed by atoms with Crippen LogP contribution in [-0.2, 0) is 27.3 Å². The van der Waals surface area contributed by atoms with Crippen molar-refractivity contribution in [3.8, 4) is 0 Å². The summed E-state index contributed by atoms with van der Waals surface area (Å²) in [6.45, 7) is 1.85. The second-order valence-electron chi connectivity index (χ2n) is 12.4. The first-order valence-corrected chi connectivity index (χ1v) is 16.3. The number of non-ortho nitro benzene ring substituents is 1. The van der Waals surface area contributed by atoms with Crippen molar-refractivity contribution in [3.63, 3.8) is 0 Å². The molecule has 5 rings (SSSR count). The highest BCUT2D eigenvalue weighted by Gasteiger charge is 2.33. The van der Waals surface area contributed by atoms with Crippen molar-refractivity contribution in [2.45, 2.75) is 44.7 Å². The van der Waals surface area contributed by atoms with E-state index >= 15 is 0 Å². The van der Waals surface area contributed by atoms with Crippen molar-refractivity contribution in [2.24, 2.45) is 5.92 Å². The van der Waals surface area contributed by atoms with Crippen LogP contribution >= 0.6 is 0 Å². The van der Waals surface area contributed by atoms with E-state index in [0.29, 0.717) is 17.0 Å². The van der Waals surface area contributed by atoms with Crippen molar-refractivity contribution >= 4 is 45.9 Å². The predicted octanol–water partition coefficient (Wildman–Crippen LogP) is 6.93. The number of fused-ring (bicyclic) bond motifs is 1. The number of aliphatic carboxylic acids is 2. The molecule has 0 radical (unpaired) electrons. The maximum Gasteiger partial charge on any atom is 0.307 e. The van der Waals surface area contributed by atoms with Crippen molar-refractivity contribution in [1.29, 1.82) is 0 Å². The molecule has 0 aliphatic rings. The lowest BCUT2D eigenvalue weighted by Gasteiger charge is -2.36. The number of carbonyl (C=O) groups excluding carboxylic acids is 2. The number of furan rings is 1. The Morgan fingerprint density at radius 2 is 1.49 bits per heavy atom. The molecule has 2 N–H and O–H groups in total. The Balaban J connectivity index is 1.51. The number of hydrogen-bond acceptors (Lipinski definition) is 7. The smallest absolute Gasteiger partial charge is 0.307 e. The van der Waals surface area contributed by atoms with Gasteiger partial charge in [0.25, 0.3) is 11.6 Å². The van der Waals surface area contributed by atoms with Gasteiger partial charge in [-0.15, -0.1) is 0 Å². The Kier molecular flexibility index (Phi) is 11.2. The molecule has 3 unspecified atom stereocenters. The zero-order valence-electron chi connectivity index (χ0n) is 28.0. The Morgan fingerprint density at radius 3 is 2.14 bits per heavy atom. The molecular formula is C39H37N3O9. The first-order chi connectivity index (χ1) is 24.4. The molecule has 262 valence electrons. The van der Waals surface area contributed by atoms with E-state index < -0.39 is 53.5 Å². The van der Waals surface area contributed by atoms with Gasteiger partial charge in [-0.3, -0.25) is 29.3 Å². The van der Waals surface area contributed by atoms with Crippen LogP contribution in [0.3, 0.4) is 0 Å². The number of nitro benzene ring substituents is 1. The number of nitrogens with zero attached hydrogens (tertiary/aromatic N) is 3. The monoisotopic (exact) mass is 691 g/mol. The molecule has 0 saturated heterocycles. The largest absolute Gasteiger partial charge is 0.481 e. The minimum atomic E-state index is -1.46. The van der Waals surface area contributed by atoms with Crippen molar-refractivity contribution in [3.05, 3.63) is 142 Å². The number of carboxylic acids is 2. The van der Waals surface area contributed by atoms with Crippen LogP contribution in [-0.4, -0.2) is 56.9 Å². The maximum atomic E-state index is 14.1. The van der Waals surface area contributed by atoms with Crippen molar-refractivity contribution in [1.82, 2.24) is 4.90 Å². The lowest BCUT2D eigenvalue weighted by Crippen LogP contribution is -2.43. The number of nitro groups is 1. The molecular weight excluding hydrogens is 654 g/mol. The molecule has 3 atom stereocenters. The normalized spacial score (nSPS) is 12.8. The third kappa shape index (κ3) is 8.84. The number of benzene rings is 4. The van der Waals surface area contributed by atoms with Crippen LogP contribution in [0.25, 0.3) is 10.8 Å². The van der Waals surface area contributed by atoms with E-state index in [9.17, 15) is 39.5 Å². The quantitative estimate of drug-likeness (QED) is 0.0873. The highest BCUT2D eigenvalue weighted by atomic mass is 16.6. The number of hydrogen-bond donors (Lipinski definition) is 2. The van der Waals surface area contributed by atoms with E-state index in [1.54, 1.807) is 50.4 Å². The fourth-order valence-electron chi connectivity index (χ4n) is 6.16. The topological polar surface area (TPSA) is 171 Å². The van der Waals surface area contributed by atoms with E-state index in [-0.39, 0.29) is 30.3 Å². The number of carboxylic acid groups (broad SMARTS) is 2. The molecule has 51 heavy (non-hydrogen) atoms. The SMILES string of the molecule is CC(C(Cc1ccc(C(=O)N(C)c2ccccc2)o1)c1ccc([N+](=O)[O-])cc1)N(Cc1ccc2ccccc2c1)C(=O)CC(CC(=O)O)C(=O)O. The highest BCUT2D eigenvalue weighted by molar-refractivity contribution is 6.03. The zero-order valence-corrected chi connectivity index (χ0v) is 28.0. The van der Waals surface area contributed by atoms with Gasteiger partial charge in [0, 0.05) is 56.2 Å². The molecule has 1 aromatic heterocycles. The second-order valence-corrected chi connectivity index (χ2v) is 12.4. The molecule has 0 saturated carbocycles. The lowest BCUT2D eigenvalue weighted by molar-refractivity contribution is -0.384. The van der Waals surface area contributed by atoms with Gasteiger partial charge in [-0.25, -0.2) is 0 Å². The van der Waals surface area contributed by atoms with Gasteiger partial charge in [0.2, 0.25) is 5.91 Å². The second kappa shape index (κ2) is 15.9. The standard InChI is InChI=1S/C39H37N3O9/c1-25(41(36(43)21-30(39(47)48)22-37(44)45)24-26-12-13-27-8-6-7-9-29(27)20-26)34(28-14-16-32(17-15-28)42(49)50)23-33-18-19-35(51-33)38(46)40(2)31-10-4-3-5-11-31/h3-20,25,30,34H,21-24H2,1-2H3,(H,44,45)(H,47,48). The average molecular weight is 692 g/mol. The van der Waals surface area contributed by atoms with Crippen LogP contribution in [0.5, 0.6) is 0 Å². The van der Waals surface area contributed by atoms with E-state index in [2.05, 4.69) is 0 Å². The number of anilines is 1. The van der Waals surface area contributed by atoms with E-state index in [0.717, 1.165) is 16.3 Å². The van der Waals surface area contributed by atoms with Crippen LogP contribution in [0.4, 0.5) is 11.4 Å². The molecule has 12 heteroatoms. The number of para-hydroxylation sites is 1. The van der Waals surface area contributed by atoms with Crippen LogP contribution in [0.2, 0.25) is 0 Å². The summed E-state index contributed by atoms with van der Waals surface area (Å²) in [7, 11) is 1.63. The molecule has 0 aliphatic carbocycles. The summed E-state index contributed by atoms with van der Waals surface area (Å²) in [6, 6.07) is 31.0. The fourth-order valence-corrected chi connectivity index (χ4v) is 6.16. The number of carbonyl (C=O) groups is 4. The first kappa shape index (κ1) is 36.0. The summed E-state index contributed by atoms with van der Waals surface area (Å²) in [5, 5.41) is 32.5. The Morgan fingerprint density at radius 1 is 0.824 bits per heavy atom. The predicted molar refractivity (Wildman–Crippen MR) is 189 cm³/mol. The lowest BCUT2D eigenvalue weighted by atomic mass is 9.86. The minimum Gasteiger partial charge on any atom is -0.481 e. The van der Waals surface area contributed by atoms with Crippen molar-refractivity contribution in [2.75, 3.05) is 11.9 Å². The molecule has 2 amide bonds. The fraction of sp³-hybridized carbons (Fsp3) is 0.231. The van der Waals surface area contributed by atoms with Crippen LogP contribution in [0.15, 0.2) is 114 Å². The Hall–Kier alpha value is -6.30. The summed E-state index contributed by atoms with van der Waals surface area (Å²) >= 11 is 0. The minimum absolute atomic E-state index is 0.0670. The maximum absolute atomic E-state index is 14.1. The molecule has 0 fully saturated rings. The van der Waals surface area contributed by atoms with Gasteiger partial charge in [0.15, 0.2) is 5.76 Å². The van der Waals surface area contributed by atoms with E-state index in [1.807, 2.05) is 60.7 Å². The van der Waals surface area contributed by atoms with Gasteiger partial charge in [-0.05, 0) is 59.2 Å². The molecule has 1 heterocycles. The van der Waals surface area contributed by atoms with Crippen LogP contribution in [0.1, 0.15) is 53.1 Å². The summed E-state index contributed by atoms with van der Waals surface area (Å²) in [5.41, 5.74) is 1.94. The molecule has 12 nitrogen and oxygen atoms in total. The van der Waals surface area contributed by atoms with Gasteiger partial charge >= 0.3 is 11.9 Å². The average Bonchev–Trinajstić information content (AvgIpc) is 3.60. The van der Waals surface area contributed by atoms with E-state index in [4.69, 9.17) is 4.42 Å². The molecule has 5 aromatic rings. The summed E-state index contributed by atoms with van der Waals surface area (Å²) in [6.07, 6.45) is -1.12. The molecule has 0 aliphatic heterocycles. The molecule has 4 aromatic carbocycles. The van der Waals surface area contributed by atoms with Gasteiger partial charge in [0.05, 0.1) is 17.3 Å². The number of rotatable bonds is 15. The van der Waals surface area contributed by atoms with Gasteiger partial charge in [-0.1, -0.05) is 66.7 Å². The summed E-state index contributed by atoms with van der Waals surface area (Å²) in [5.74, 6) is -5.19. The third-order valence-electron chi connectivity index (χ3n) is 9.03. The summed E-state index contributed by atoms with van der Waals surface area (Å²) in [4.78, 5) is 64.8. The van der Waals surface area contributed by atoms with Gasteiger partial charge in [0.1, 0.15) is 5.76 Å². The third-order valence-corrected chi connectivity index (χ3v) is 9.03. The zero-order chi connectivity index (χ0) is 36.7. The number of amides is 2. The Labute approximate surface area is 293 Å². The van der Waals surface area contributed by atoms with Gasteiger partial charge < -0.3 is 24.4 Å². The van der Waals surface area contributed by atoms with Crippen LogP contribution < -0.4 is 4.90 Å². The molecule has 0 bridgehead atoms. The first-order valence-electron chi connectivity index (χ1n) is 16.3. The summed E-state index contributed by atoms with van der Waals surface area (Å²) < 4.78 is 6.05.